The van der Waals surface area contributed by atoms with Crippen molar-refractivity contribution < 1.29 is 22.9 Å². The molecule has 0 N–H and O–H groups in total. The van der Waals surface area contributed by atoms with Crippen LogP contribution >= 0.6 is 0 Å². The van der Waals surface area contributed by atoms with Gasteiger partial charge in [0, 0.05) is 18.6 Å². The average Bonchev–Trinajstić information content (AvgIpc) is 2.03. The fraction of sp³-hybridized carbons (Fsp3) is 0.714. The Hall–Kier alpha value is 0.254. The van der Waals surface area contributed by atoms with E-state index in [1.807, 2.05) is 27.7 Å². The van der Waals surface area contributed by atoms with Crippen molar-refractivity contribution in [2.45, 2.75) is 27.7 Å². The summed E-state index contributed by atoms with van der Waals surface area (Å²) in [6.07, 6.45) is 0. The number of halogens is 1. The zero-order chi connectivity index (χ0) is 8.00. The van der Waals surface area contributed by atoms with Gasteiger partial charge < -0.3 is 0 Å². The number of hydrogen-bond acceptors (Lipinski definition) is 0. The maximum atomic E-state index is 9.50. The molecule has 0 unspecified atom stereocenters. The quantitative estimate of drug-likeness (QED) is 0.492. The molecule has 0 atom stereocenters. The maximum Gasteiger partial charge on any atom is 0.0785 e. The van der Waals surface area contributed by atoms with Crippen LogP contribution in [-0.2, 0) is 18.6 Å². The van der Waals surface area contributed by atoms with Gasteiger partial charge in [-0.2, -0.15) is 0 Å². The normalized spacial score (nSPS) is 2.44. The number of hydrogen-bond donors (Lipinski definition) is 0. The van der Waals surface area contributed by atoms with Crippen LogP contribution in [0.4, 0.5) is 4.39 Å². The van der Waals surface area contributed by atoms with Gasteiger partial charge in [-0.05, 0) is 0 Å². The molecule has 0 aromatic heterocycles. The summed E-state index contributed by atoms with van der Waals surface area (Å²) in [7, 11) is 0.500. The Kier molecular flexibility index (Phi) is 26000. The van der Waals surface area contributed by atoms with E-state index in [9.17, 15) is 4.39 Å². The second-order valence-electron chi connectivity index (χ2n) is 0. The van der Waals surface area contributed by atoms with E-state index in [2.05, 4.69) is 13.2 Å². The molecule has 0 bridgehead atoms. The van der Waals surface area contributed by atoms with Gasteiger partial charge in [0.1, 0.15) is 0 Å². The minimum atomic E-state index is 0. The van der Waals surface area contributed by atoms with Crippen molar-refractivity contribution in [1.29, 1.82) is 0 Å². The van der Waals surface area contributed by atoms with Crippen LogP contribution in [0.15, 0.2) is 13.2 Å². The summed E-state index contributed by atoms with van der Waals surface area (Å²) in [5.41, 5.74) is 0. The third kappa shape index (κ3) is 4990. The van der Waals surface area contributed by atoms with Gasteiger partial charge in [-0.15, -0.1) is 13.2 Å². The molecule has 0 nitrogen and oxygen atoms in total. The van der Waals surface area contributed by atoms with Gasteiger partial charge in [-0.25, -0.2) is 0 Å². The molecule has 1 radical (unpaired) electrons. The predicted octanol–water partition coefficient (Wildman–Crippen LogP) is 3.44. The fourth-order valence-corrected chi connectivity index (χ4v) is 0. The smallest absolute Gasteiger partial charge is 0.0785 e. The van der Waals surface area contributed by atoms with Gasteiger partial charge in [0.15, 0.2) is 0 Å². The van der Waals surface area contributed by atoms with E-state index in [1.165, 1.54) is 0 Å². The largest absolute Gasteiger partial charge is 0.255 e. The topological polar surface area (TPSA) is 0 Å². The molecule has 0 aliphatic rings. The Bertz CT molecular complexity index is 8.88. The second kappa shape index (κ2) is 6710. The number of rotatable bonds is 0. The van der Waals surface area contributed by atoms with E-state index in [4.69, 9.17) is 0 Å². The van der Waals surface area contributed by atoms with Crippen LogP contribution < -0.4 is 0 Å². The third-order valence-electron chi connectivity index (χ3n) is 0. The summed E-state index contributed by atoms with van der Waals surface area (Å²) in [6.45, 7) is 14.0. The van der Waals surface area contributed by atoms with Gasteiger partial charge in [0.25, 0.3) is 0 Å². The Labute approximate surface area is 71.4 Å². The Morgan fingerprint density at radius 1 is 0.778 bits per heavy atom. The van der Waals surface area contributed by atoms with E-state index >= 15 is 0 Å². The molecule has 9 heavy (non-hydrogen) atoms. The van der Waals surface area contributed by atoms with Crippen molar-refractivity contribution in [3.63, 3.8) is 0 Å². The van der Waals surface area contributed by atoms with Crippen LogP contribution in [-0.4, -0.2) is 7.18 Å². The first-order chi connectivity index (χ1) is 4.00. The first kappa shape index (κ1) is 34.8. The van der Waals surface area contributed by atoms with Crippen molar-refractivity contribution in [2.75, 3.05) is 7.18 Å². The fourth-order valence-electron chi connectivity index (χ4n) is 0. The van der Waals surface area contributed by atoms with Crippen LogP contribution in [0.1, 0.15) is 27.7 Å². The minimum Gasteiger partial charge on any atom is -0.255 e. The summed E-state index contributed by atoms with van der Waals surface area (Å²) >= 11 is 0. The second-order valence-corrected chi connectivity index (χ2v) is 0. The molecular formula is C7H19FV. The zero-order valence-electron chi connectivity index (χ0n) is 7.24. The molecule has 0 aromatic carbocycles. The maximum absolute atomic E-state index is 9.50. The summed E-state index contributed by atoms with van der Waals surface area (Å²) in [4.78, 5) is 0. The predicted molar refractivity (Wildman–Crippen MR) is 41.0 cm³/mol. The SMILES string of the molecule is C=C.CC.CC.CF.[V]. The Morgan fingerprint density at radius 2 is 0.778 bits per heavy atom. The Balaban J connectivity index is -0.00000000762. The van der Waals surface area contributed by atoms with E-state index in [0.29, 0.717) is 7.18 Å². The molecule has 59 valence electrons. The van der Waals surface area contributed by atoms with Crippen molar-refractivity contribution >= 4 is 0 Å². The summed E-state index contributed by atoms with van der Waals surface area (Å²) in [5.74, 6) is 0. The van der Waals surface area contributed by atoms with Crippen molar-refractivity contribution in [3.05, 3.63) is 13.2 Å². The standard InChI is InChI=1S/2C2H6.C2H4.CH3F.V/c4*1-2;/h2*1-2H3;1-2H2;1H3;. The molecule has 0 spiro atoms. The summed E-state index contributed by atoms with van der Waals surface area (Å²) in [5, 5.41) is 0. The molecule has 0 amide bonds. The van der Waals surface area contributed by atoms with Crippen molar-refractivity contribution in [1.82, 2.24) is 0 Å². The average molecular weight is 173 g/mol. The number of alkyl halides is 1. The van der Waals surface area contributed by atoms with Crippen LogP contribution in [0.2, 0.25) is 0 Å². The van der Waals surface area contributed by atoms with Gasteiger partial charge in [-0.3, -0.25) is 4.39 Å². The summed E-state index contributed by atoms with van der Waals surface area (Å²) < 4.78 is 9.50. The third-order valence-corrected chi connectivity index (χ3v) is 0. The molecule has 0 fully saturated rings. The van der Waals surface area contributed by atoms with Gasteiger partial charge >= 0.3 is 0 Å². The first-order valence-electron chi connectivity index (χ1n) is 2.88. The molecule has 2 heteroatoms. The van der Waals surface area contributed by atoms with Crippen molar-refractivity contribution in [2.24, 2.45) is 0 Å². The van der Waals surface area contributed by atoms with Crippen LogP contribution in [0.5, 0.6) is 0 Å². The zero-order valence-corrected chi connectivity index (χ0v) is 8.64. The van der Waals surface area contributed by atoms with E-state index < -0.39 is 0 Å². The Morgan fingerprint density at radius 3 is 0.778 bits per heavy atom. The molecule has 0 saturated heterocycles. The van der Waals surface area contributed by atoms with E-state index in [1.54, 1.807) is 0 Å². The molecule has 0 aromatic rings. The molecule has 0 rings (SSSR count). The van der Waals surface area contributed by atoms with E-state index in [0.717, 1.165) is 0 Å². The van der Waals surface area contributed by atoms with Crippen LogP contribution in [0.3, 0.4) is 0 Å². The van der Waals surface area contributed by atoms with Crippen LogP contribution in [0, 0.1) is 0 Å². The summed E-state index contributed by atoms with van der Waals surface area (Å²) in [6, 6.07) is 0. The molecular weight excluding hydrogens is 154 g/mol. The molecule has 0 heterocycles. The van der Waals surface area contributed by atoms with Gasteiger partial charge in [0.2, 0.25) is 0 Å². The molecule has 0 aliphatic carbocycles. The van der Waals surface area contributed by atoms with Gasteiger partial charge in [-0.1, -0.05) is 27.7 Å². The van der Waals surface area contributed by atoms with Crippen molar-refractivity contribution in [3.8, 4) is 0 Å². The van der Waals surface area contributed by atoms with Crippen LogP contribution in [0.25, 0.3) is 0 Å². The monoisotopic (exact) mass is 173 g/mol. The first-order valence-corrected chi connectivity index (χ1v) is 2.88. The van der Waals surface area contributed by atoms with Gasteiger partial charge in [0.05, 0.1) is 7.18 Å². The molecule has 0 saturated carbocycles. The molecule has 0 aliphatic heterocycles. The minimum absolute atomic E-state index is 0. The van der Waals surface area contributed by atoms with E-state index in [-0.39, 0.29) is 18.6 Å².